The first-order valence-electron chi connectivity index (χ1n) is 15.8. The van der Waals surface area contributed by atoms with E-state index in [4.69, 9.17) is 10.5 Å². The Balaban J connectivity index is 1.36. The fraction of sp³-hybridized carbons (Fsp3) is 0.515. The Kier molecular flexibility index (Phi) is 9.46. The third-order valence-corrected chi connectivity index (χ3v) is 11.1. The number of halogens is 1. The molecule has 0 unspecified atom stereocenters. The van der Waals surface area contributed by atoms with E-state index in [0.29, 0.717) is 64.8 Å². The molecule has 3 aromatic rings. The molecule has 2 aromatic carbocycles. The maximum atomic E-state index is 14.4. The smallest absolute Gasteiger partial charge is 0.407 e. The molecule has 1 saturated carbocycles. The van der Waals surface area contributed by atoms with Crippen molar-refractivity contribution in [2.45, 2.75) is 71.9 Å². The van der Waals surface area contributed by atoms with Gasteiger partial charge < -0.3 is 26.0 Å². The third-order valence-electron chi connectivity index (χ3n) is 8.95. The number of amides is 2. The highest BCUT2D eigenvalue weighted by molar-refractivity contribution is 7.90. The van der Waals surface area contributed by atoms with Crippen LogP contribution in [-0.4, -0.2) is 73.4 Å². The van der Waals surface area contributed by atoms with Crippen LogP contribution in [0, 0.1) is 11.2 Å². The number of rotatable bonds is 10. The van der Waals surface area contributed by atoms with Crippen LogP contribution in [0.15, 0.2) is 36.4 Å². The van der Waals surface area contributed by atoms with E-state index in [1.807, 2.05) is 19.9 Å². The number of carbonyl (C=O) groups excluding carboxylic acids is 2. The van der Waals surface area contributed by atoms with Crippen molar-refractivity contribution >= 4 is 38.6 Å². The molecule has 1 aliphatic heterocycles. The Hall–Kier alpha value is -3.64. The van der Waals surface area contributed by atoms with E-state index >= 15 is 0 Å². The van der Waals surface area contributed by atoms with Gasteiger partial charge in [0, 0.05) is 41.5 Å². The minimum absolute atomic E-state index is 0.0111. The van der Waals surface area contributed by atoms with Gasteiger partial charge in [-0.1, -0.05) is 33.8 Å². The quantitative estimate of drug-likeness (QED) is 0.280. The minimum Gasteiger partial charge on any atom is -0.446 e. The number of alkyl carbamates (subject to hydrolysis) is 1. The molecule has 0 bridgehead atoms. The monoisotopic (exact) mass is 641 g/mol. The summed E-state index contributed by atoms with van der Waals surface area (Å²) in [5, 5.41) is 6.95. The number of aromatic nitrogens is 1. The number of likely N-dealkylation sites (N-methyl/N-ethyl adjacent to an activating group) is 1. The lowest BCUT2D eigenvalue weighted by Gasteiger charge is -2.32. The Morgan fingerprint density at radius 2 is 1.80 bits per heavy atom. The second-order valence-corrected chi connectivity index (χ2v) is 14.8. The zero-order valence-electron chi connectivity index (χ0n) is 26.5. The van der Waals surface area contributed by atoms with Gasteiger partial charge in [-0.15, -0.1) is 0 Å². The van der Waals surface area contributed by atoms with Gasteiger partial charge in [-0.25, -0.2) is 21.6 Å². The van der Waals surface area contributed by atoms with E-state index < -0.39 is 33.3 Å². The van der Waals surface area contributed by atoms with Crippen molar-refractivity contribution in [2.24, 2.45) is 11.1 Å². The van der Waals surface area contributed by atoms with Crippen LogP contribution >= 0.6 is 0 Å². The van der Waals surface area contributed by atoms with Gasteiger partial charge in [0.05, 0.1) is 16.8 Å². The molecule has 45 heavy (non-hydrogen) atoms. The maximum Gasteiger partial charge on any atom is 0.407 e. The summed E-state index contributed by atoms with van der Waals surface area (Å²) in [7, 11) is -3.74. The van der Waals surface area contributed by atoms with Crippen LogP contribution in [0.1, 0.15) is 69.4 Å². The van der Waals surface area contributed by atoms with Gasteiger partial charge >= 0.3 is 6.09 Å². The first-order chi connectivity index (χ1) is 21.3. The lowest BCUT2D eigenvalue weighted by atomic mass is 9.87. The molecule has 2 heterocycles. The number of carbonyl (C=O) groups is 2. The molecule has 2 amide bonds. The zero-order valence-corrected chi connectivity index (χ0v) is 27.3. The van der Waals surface area contributed by atoms with Crippen LogP contribution in [-0.2, 0) is 21.2 Å². The van der Waals surface area contributed by atoms with E-state index in [2.05, 4.69) is 29.4 Å². The highest BCUT2D eigenvalue weighted by Gasteiger charge is 2.39. The number of benzene rings is 2. The summed E-state index contributed by atoms with van der Waals surface area (Å²) in [6, 6.07) is 9.47. The van der Waals surface area contributed by atoms with Crippen LogP contribution in [0.4, 0.5) is 14.9 Å². The summed E-state index contributed by atoms with van der Waals surface area (Å²) in [5.74, 6) is -1.15. The van der Waals surface area contributed by atoms with E-state index in [0.717, 1.165) is 32.5 Å². The molecule has 0 saturated heterocycles. The lowest BCUT2D eigenvalue weighted by molar-refractivity contribution is 0.0726. The Morgan fingerprint density at radius 1 is 1.09 bits per heavy atom. The molecule has 12 heteroatoms. The molecule has 244 valence electrons. The van der Waals surface area contributed by atoms with Gasteiger partial charge in [0.25, 0.3) is 5.91 Å². The van der Waals surface area contributed by atoms with E-state index in [-0.39, 0.29) is 17.9 Å². The van der Waals surface area contributed by atoms with Crippen molar-refractivity contribution in [1.29, 1.82) is 0 Å². The van der Waals surface area contributed by atoms with Gasteiger partial charge in [0.2, 0.25) is 10.0 Å². The number of anilines is 1. The van der Waals surface area contributed by atoms with Gasteiger partial charge in [-0.05, 0) is 86.5 Å². The van der Waals surface area contributed by atoms with Crippen molar-refractivity contribution in [1.82, 2.24) is 14.2 Å². The molecule has 10 nitrogen and oxygen atoms in total. The second-order valence-electron chi connectivity index (χ2n) is 12.9. The number of nitrogens with zero attached hydrogens (tertiary/aromatic N) is 2. The van der Waals surface area contributed by atoms with E-state index in [1.165, 1.54) is 16.1 Å². The maximum absolute atomic E-state index is 14.4. The molecular formula is C33H44FN5O5S. The molecule has 0 atom stereocenters. The van der Waals surface area contributed by atoms with Crippen LogP contribution in [0.5, 0.6) is 0 Å². The van der Waals surface area contributed by atoms with Crippen molar-refractivity contribution in [2.75, 3.05) is 37.2 Å². The summed E-state index contributed by atoms with van der Waals surface area (Å²) in [6.45, 7) is 11.1. The third kappa shape index (κ3) is 7.12. The average Bonchev–Trinajstić information content (AvgIpc) is 3.28. The Bertz CT molecular complexity index is 1690. The highest BCUT2D eigenvalue weighted by Crippen LogP contribution is 2.44. The number of hydrogen-bond acceptors (Lipinski definition) is 7. The molecule has 0 spiro atoms. The molecule has 5 rings (SSSR count). The van der Waals surface area contributed by atoms with Crippen LogP contribution in [0.3, 0.4) is 0 Å². The molecule has 1 fully saturated rings. The summed E-state index contributed by atoms with van der Waals surface area (Å²) in [6.07, 6.45) is 2.65. The summed E-state index contributed by atoms with van der Waals surface area (Å²) in [4.78, 5) is 27.0. The minimum atomic E-state index is -3.74. The summed E-state index contributed by atoms with van der Waals surface area (Å²) in [5.41, 5.74) is 8.41. The van der Waals surface area contributed by atoms with E-state index in [1.54, 1.807) is 18.2 Å². The van der Waals surface area contributed by atoms with Gasteiger partial charge in [-0.3, -0.25) is 4.79 Å². The van der Waals surface area contributed by atoms with E-state index in [9.17, 15) is 22.4 Å². The number of primary amides is 1. The Labute approximate surface area is 264 Å². The van der Waals surface area contributed by atoms with Crippen molar-refractivity contribution in [3.8, 4) is 11.1 Å². The highest BCUT2D eigenvalue weighted by atomic mass is 32.2. The predicted molar refractivity (Wildman–Crippen MR) is 174 cm³/mol. The standard InChI is InChI=1S/C33H44FN5O5S/c1-5-38(6-2)16-15-36-32(41)44-24-11-9-23(10-12-24)37-27-17-21(7-13-25(27)31(35)40)30-26-14-8-22(34)18-28(26)39-29(30)19-33(3,4)20-45(39,42)43/h7-8,13-14,17-18,23-24,37H,5-6,9-12,15-16,19-20H2,1-4H3,(H2,35,40)(H,36,41)/t23-,24-. The molecule has 0 radical (unpaired) electrons. The predicted octanol–water partition coefficient (Wildman–Crippen LogP) is 5.10. The fourth-order valence-corrected chi connectivity index (χ4v) is 8.94. The summed E-state index contributed by atoms with van der Waals surface area (Å²) < 4.78 is 48.3. The van der Waals surface area contributed by atoms with Gasteiger partial charge in [-0.2, -0.15) is 0 Å². The van der Waals surface area contributed by atoms with Gasteiger partial charge in [0.15, 0.2) is 0 Å². The summed E-state index contributed by atoms with van der Waals surface area (Å²) >= 11 is 0. The van der Waals surface area contributed by atoms with Crippen molar-refractivity contribution < 1.29 is 27.1 Å². The van der Waals surface area contributed by atoms with Crippen LogP contribution in [0.2, 0.25) is 0 Å². The lowest BCUT2D eigenvalue weighted by Crippen LogP contribution is -2.38. The largest absolute Gasteiger partial charge is 0.446 e. The average molecular weight is 642 g/mol. The topological polar surface area (TPSA) is 136 Å². The normalized spacial score (nSPS) is 20.5. The number of nitrogens with one attached hydrogen (secondary N) is 2. The molecule has 1 aliphatic carbocycles. The fourth-order valence-electron chi connectivity index (χ4n) is 6.78. The first kappa shape index (κ1) is 32.7. The number of nitrogens with two attached hydrogens (primary N) is 1. The molecule has 2 aliphatic rings. The van der Waals surface area contributed by atoms with Gasteiger partial charge in [0.1, 0.15) is 11.9 Å². The number of hydrogen-bond donors (Lipinski definition) is 3. The SMILES string of the molecule is CCN(CC)CCNC(=O)O[C@H]1CC[C@H](Nc2cc(-c3c4n(c5cc(F)ccc35)S(=O)(=O)CC(C)(C)C4)ccc2C(N)=O)CC1. The Morgan fingerprint density at radius 3 is 2.47 bits per heavy atom. The molecule has 1 aromatic heterocycles. The number of fused-ring (bicyclic) bond motifs is 3. The van der Waals surface area contributed by atoms with Crippen molar-refractivity contribution in [3.63, 3.8) is 0 Å². The second kappa shape index (κ2) is 13.0. The van der Waals surface area contributed by atoms with Crippen LogP contribution < -0.4 is 16.4 Å². The van der Waals surface area contributed by atoms with Crippen LogP contribution in [0.25, 0.3) is 22.0 Å². The molecule has 4 N–H and O–H groups in total. The molecular weight excluding hydrogens is 597 g/mol. The van der Waals surface area contributed by atoms with Crippen molar-refractivity contribution in [3.05, 3.63) is 53.5 Å². The first-order valence-corrected chi connectivity index (χ1v) is 17.4. The zero-order chi connectivity index (χ0) is 32.5. The number of ether oxygens (including phenoxy) is 1.